The zero-order valence-electron chi connectivity index (χ0n) is 12.9. The van der Waals surface area contributed by atoms with Gasteiger partial charge in [0, 0.05) is 0 Å². The third-order valence-electron chi connectivity index (χ3n) is 2.68. The van der Waals surface area contributed by atoms with Gasteiger partial charge in [0.1, 0.15) is 0 Å². The molecule has 0 fully saturated rings. The van der Waals surface area contributed by atoms with Gasteiger partial charge in [-0.1, -0.05) is 79.5 Å². The molecule has 0 aliphatic rings. The molecular formula is C18H26OSi. The molecule has 0 saturated heterocycles. The molecule has 0 amide bonds. The van der Waals surface area contributed by atoms with Gasteiger partial charge in [-0.15, -0.1) is 6.58 Å². The van der Waals surface area contributed by atoms with Crippen LogP contribution in [-0.4, -0.2) is 21.3 Å². The molecule has 0 bridgehead atoms. The fourth-order valence-electron chi connectivity index (χ4n) is 1.88. The summed E-state index contributed by atoms with van der Waals surface area (Å²) in [5, 5.41) is 0. The van der Waals surface area contributed by atoms with Gasteiger partial charge in [-0.2, -0.15) is 0 Å². The second kappa shape index (κ2) is 8.72. The normalized spacial score (nSPS) is 12.8. The van der Waals surface area contributed by atoms with Crippen LogP contribution in [0.1, 0.15) is 12.0 Å². The van der Waals surface area contributed by atoms with Crippen molar-refractivity contribution in [2.24, 2.45) is 0 Å². The van der Waals surface area contributed by atoms with Crippen LogP contribution in [0.25, 0.3) is 6.08 Å². The minimum absolute atomic E-state index is 0.628. The fraction of sp³-hybridized carbons (Fsp3) is 0.333. The van der Waals surface area contributed by atoms with Crippen molar-refractivity contribution < 1.29 is 4.74 Å². The Bertz CT molecular complexity index is 452. The summed E-state index contributed by atoms with van der Waals surface area (Å²) < 4.78 is 5.50. The van der Waals surface area contributed by atoms with E-state index in [0.717, 1.165) is 13.0 Å². The fourth-order valence-corrected chi connectivity index (χ4v) is 3.24. The SMILES string of the molecule is C=CCOCCC(/C=C\c1ccccc1)=C\[Si](C)(C)C. The Hall–Kier alpha value is -1.38. The molecule has 20 heavy (non-hydrogen) atoms. The number of benzene rings is 1. The Kier molecular flexibility index (Phi) is 7.27. The van der Waals surface area contributed by atoms with Crippen LogP contribution in [-0.2, 0) is 4.74 Å². The average molecular weight is 286 g/mol. The Morgan fingerprint density at radius 1 is 1.20 bits per heavy atom. The molecule has 1 aromatic carbocycles. The van der Waals surface area contributed by atoms with Crippen LogP contribution in [0.4, 0.5) is 0 Å². The summed E-state index contributed by atoms with van der Waals surface area (Å²) in [6, 6.07) is 10.4. The molecule has 0 aliphatic carbocycles. The van der Waals surface area contributed by atoms with E-state index >= 15 is 0 Å². The lowest BCUT2D eigenvalue weighted by Gasteiger charge is -2.12. The predicted molar refractivity (Wildman–Crippen MR) is 92.5 cm³/mol. The molecule has 0 radical (unpaired) electrons. The topological polar surface area (TPSA) is 9.23 Å². The molecule has 0 aliphatic heterocycles. The molecule has 0 saturated carbocycles. The van der Waals surface area contributed by atoms with Crippen LogP contribution in [0.15, 0.2) is 60.3 Å². The Morgan fingerprint density at radius 2 is 1.90 bits per heavy atom. The third-order valence-corrected chi connectivity index (χ3v) is 3.92. The quantitative estimate of drug-likeness (QED) is 0.280. The summed E-state index contributed by atoms with van der Waals surface area (Å²) in [5.74, 6) is 0. The van der Waals surface area contributed by atoms with Gasteiger partial charge in [0.25, 0.3) is 0 Å². The molecule has 1 nitrogen and oxygen atoms in total. The van der Waals surface area contributed by atoms with Crippen LogP contribution in [0.2, 0.25) is 19.6 Å². The lowest BCUT2D eigenvalue weighted by Crippen LogP contribution is -2.17. The summed E-state index contributed by atoms with van der Waals surface area (Å²) in [5.41, 5.74) is 5.06. The maximum Gasteiger partial charge on any atom is 0.0690 e. The van der Waals surface area contributed by atoms with Gasteiger partial charge >= 0.3 is 0 Å². The van der Waals surface area contributed by atoms with E-state index in [-0.39, 0.29) is 0 Å². The molecule has 2 heteroatoms. The van der Waals surface area contributed by atoms with E-state index < -0.39 is 8.07 Å². The highest BCUT2D eigenvalue weighted by Gasteiger charge is 2.09. The van der Waals surface area contributed by atoms with Crippen molar-refractivity contribution in [1.82, 2.24) is 0 Å². The first-order valence-electron chi connectivity index (χ1n) is 7.15. The van der Waals surface area contributed by atoms with Crippen molar-refractivity contribution in [2.45, 2.75) is 26.1 Å². The summed E-state index contributed by atoms with van der Waals surface area (Å²) in [4.78, 5) is 0. The zero-order valence-corrected chi connectivity index (χ0v) is 13.9. The molecule has 108 valence electrons. The Labute approximate surface area is 124 Å². The number of rotatable bonds is 8. The van der Waals surface area contributed by atoms with Crippen molar-refractivity contribution in [3.63, 3.8) is 0 Å². The lowest BCUT2D eigenvalue weighted by atomic mass is 10.1. The van der Waals surface area contributed by atoms with Crippen LogP contribution < -0.4 is 0 Å². The van der Waals surface area contributed by atoms with Gasteiger partial charge in [0.15, 0.2) is 0 Å². The van der Waals surface area contributed by atoms with Crippen molar-refractivity contribution in [2.75, 3.05) is 13.2 Å². The summed E-state index contributed by atoms with van der Waals surface area (Å²) >= 11 is 0. The second-order valence-corrected chi connectivity index (χ2v) is 11.0. The number of hydrogen-bond acceptors (Lipinski definition) is 1. The predicted octanol–water partition coefficient (Wildman–Crippen LogP) is 5.10. The molecule has 0 N–H and O–H groups in total. The van der Waals surface area contributed by atoms with E-state index in [2.05, 4.69) is 68.3 Å². The molecule has 0 unspecified atom stereocenters. The highest BCUT2D eigenvalue weighted by atomic mass is 28.3. The number of ether oxygens (including phenoxy) is 1. The number of allylic oxidation sites excluding steroid dienone is 1. The summed E-state index contributed by atoms with van der Waals surface area (Å²) in [6.07, 6.45) is 7.16. The van der Waals surface area contributed by atoms with E-state index in [1.165, 1.54) is 11.1 Å². The lowest BCUT2D eigenvalue weighted by molar-refractivity contribution is 0.166. The molecule has 1 rings (SSSR count). The summed E-state index contributed by atoms with van der Waals surface area (Å²) in [6.45, 7) is 12.1. The maximum atomic E-state index is 5.50. The first-order chi connectivity index (χ1) is 9.51. The first-order valence-corrected chi connectivity index (χ1v) is 10.7. The van der Waals surface area contributed by atoms with Crippen molar-refractivity contribution >= 4 is 14.1 Å². The molecule has 0 atom stereocenters. The molecular weight excluding hydrogens is 260 g/mol. The van der Waals surface area contributed by atoms with Gasteiger partial charge in [0.2, 0.25) is 0 Å². The second-order valence-electron chi connectivity index (χ2n) is 5.94. The monoisotopic (exact) mass is 286 g/mol. The van der Waals surface area contributed by atoms with E-state index in [4.69, 9.17) is 4.74 Å². The van der Waals surface area contributed by atoms with E-state index in [9.17, 15) is 0 Å². The zero-order chi connectivity index (χ0) is 14.8. The van der Waals surface area contributed by atoms with Crippen LogP contribution in [0.3, 0.4) is 0 Å². The van der Waals surface area contributed by atoms with Gasteiger partial charge in [-0.25, -0.2) is 0 Å². The maximum absolute atomic E-state index is 5.50. The minimum atomic E-state index is -1.22. The Balaban J connectivity index is 2.70. The van der Waals surface area contributed by atoms with Gasteiger partial charge in [-0.05, 0) is 12.0 Å². The molecule has 0 heterocycles. The van der Waals surface area contributed by atoms with Crippen LogP contribution in [0, 0.1) is 0 Å². The van der Waals surface area contributed by atoms with Gasteiger partial charge in [0.05, 0.1) is 21.3 Å². The highest BCUT2D eigenvalue weighted by molar-refractivity contribution is 6.81. The van der Waals surface area contributed by atoms with Gasteiger partial charge in [-0.3, -0.25) is 0 Å². The van der Waals surface area contributed by atoms with Crippen molar-refractivity contribution in [3.05, 3.63) is 65.9 Å². The largest absolute Gasteiger partial charge is 0.377 e. The summed E-state index contributed by atoms with van der Waals surface area (Å²) in [7, 11) is -1.22. The Morgan fingerprint density at radius 3 is 2.50 bits per heavy atom. The minimum Gasteiger partial charge on any atom is -0.377 e. The van der Waals surface area contributed by atoms with Crippen molar-refractivity contribution in [1.29, 1.82) is 0 Å². The third kappa shape index (κ3) is 7.92. The standard InChI is InChI=1S/C18H26OSi/c1-5-14-19-15-13-18(16-20(2,3)4)12-11-17-9-7-6-8-10-17/h5-12,16H,1,13-15H2,2-4H3/b12-11-,18-16-. The van der Waals surface area contributed by atoms with Crippen LogP contribution in [0.5, 0.6) is 0 Å². The molecule has 1 aromatic rings. The van der Waals surface area contributed by atoms with Crippen molar-refractivity contribution in [3.8, 4) is 0 Å². The smallest absolute Gasteiger partial charge is 0.0690 e. The molecule has 0 spiro atoms. The highest BCUT2D eigenvalue weighted by Crippen LogP contribution is 2.14. The average Bonchev–Trinajstić information content (AvgIpc) is 2.40. The van der Waals surface area contributed by atoms with E-state index in [1.54, 1.807) is 6.08 Å². The van der Waals surface area contributed by atoms with Crippen LogP contribution >= 0.6 is 0 Å². The molecule has 0 aromatic heterocycles. The van der Waals surface area contributed by atoms with E-state index in [1.807, 2.05) is 6.07 Å². The number of hydrogen-bond donors (Lipinski definition) is 0. The van der Waals surface area contributed by atoms with Gasteiger partial charge < -0.3 is 4.74 Å². The van der Waals surface area contributed by atoms with E-state index in [0.29, 0.717) is 6.61 Å². The first kappa shape index (κ1) is 16.7.